The van der Waals surface area contributed by atoms with Gasteiger partial charge in [-0.1, -0.05) is 0 Å². The molecule has 0 bridgehead atoms. The van der Waals surface area contributed by atoms with Crippen LogP contribution in [0.3, 0.4) is 0 Å². The number of aromatic amines is 1. The topological polar surface area (TPSA) is 60.1 Å². The number of nitrogens with one attached hydrogen (secondary N) is 2. The Morgan fingerprint density at radius 2 is 2.05 bits per heavy atom. The average Bonchev–Trinajstić information content (AvgIpc) is 3.10. The Balaban J connectivity index is 1.82. The summed E-state index contributed by atoms with van der Waals surface area (Å²) in [5, 5.41) is 4.58. The summed E-state index contributed by atoms with van der Waals surface area (Å²) in [6.07, 6.45) is 3.56. The van der Waals surface area contributed by atoms with Crippen LogP contribution in [0.5, 0.6) is 0 Å². The number of anilines is 2. The molecule has 0 saturated carbocycles. The molecule has 0 amide bonds. The van der Waals surface area contributed by atoms with Crippen LogP contribution in [0, 0.1) is 6.92 Å². The van der Waals surface area contributed by atoms with Gasteiger partial charge < -0.3 is 20.1 Å². The Kier molecular flexibility index (Phi) is 4.47. The second-order valence-electron chi connectivity index (χ2n) is 6.36. The maximum Gasteiger partial charge on any atom is 0.229 e. The van der Waals surface area contributed by atoms with Crippen molar-refractivity contribution in [3.05, 3.63) is 11.8 Å². The zero-order chi connectivity index (χ0) is 15.5. The fraction of sp³-hybridized carbons (Fsp3) is 0.625. The number of hydrogen-bond donors (Lipinski definition) is 2. The van der Waals surface area contributed by atoms with Crippen LogP contribution in [0.15, 0.2) is 6.07 Å². The van der Waals surface area contributed by atoms with Crippen LogP contribution in [0.1, 0.15) is 25.0 Å². The minimum absolute atomic E-state index is 0.849. The molecule has 6 nitrogen and oxygen atoms in total. The molecule has 3 heterocycles. The Hall–Kier alpha value is -1.82. The molecular weight excluding hydrogens is 276 g/mol. The molecule has 22 heavy (non-hydrogen) atoms. The third kappa shape index (κ3) is 3.32. The molecule has 1 saturated heterocycles. The number of aryl methyl sites for hydroxylation is 1. The van der Waals surface area contributed by atoms with Crippen molar-refractivity contribution in [1.29, 1.82) is 0 Å². The molecule has 0 aromatic carbocycles. The van der Waals surface area contributed by atoms with Crippen LogP contribution in [-0.4, -0.2) is 60.1 Å². The first-order valence-corrected chi connectivity index (χ1v) is 8.14. The maximum absolute atomic E-state index is 4.78. The predicted molar refractivity (Wildman–Crippen MR) is 91.7 cm³/mol. The third-order valence-electron chi connectivity index (χ3n) is 4.07. The van der Waals surface area contributed by atoms with E-state index in [1.54, 1.807) is 0 Å². The number of hydrogen-bond acceptors (Lipinski definition) is 5. The zero-order valence-corrected chi connectivity index (χ0v) is 13.8. The van der Waals surface area contributed by atoms with Gasteiger partial charge in [-0.25, -0.2) is 0 Å². The maximum atomic E-state index is 4.78. The number of fused-ring (bicyclic) bond motifs is 1. The van der Waals surface area contributed by atoms with E-state index in [2.05, 4.69) is 47.2 Å². The second-order valence-corrected chi connectivity index (χ2v) is 6.36. The fourth-order valence-electron chi connectivity index (χ4n) is 2.92. The first-order chi connectivity index (χ1) is 10.6. The summed E-state index contributed by atoms with van der Waals surface area (Å²) in [4.78, 5) is 17.3. The van der Waals surface area contributed by atoms with Crippen molar-refractivity contribution in [2.75, 3.05) is 50.5 Å². The van der Waals surface area contributed by atoms with Crippen LogP contribution in [0.2, 0.25) is 0 Å². The molecule has 120 valence electrons. The molecule has 1 aliphatic rings. The average molecular weight is 302 g/mol. The highest BCUT2D eigenvalue weighted by molar-refractivity contribution is 5.89. The Morgan fingerprint density at radius 1 is 1.27 bits per heavy atom. The quantitative estimate of drug-likeness (QED) is 0.801. The monoisotopic (exact) mass is 302 g/mol. The van der Waals surface area contributed by atoms with Gasteiger partial charge in [0.05, 0.1) is 5.39 Å². The zero-order valence-electron chi connectivity index (χ0n) is 13.8. The molecule has 3 rings (SSSR count). The van der Waals surface area contributed by atoms with Gasteiger partial charge >= 0.3 is 0 Å². The molecule has 1 fully saturated rings. The highest BCUT2D eigenvalue weighted by Gasteiger charge is 2.18. The van der Waals surface area contributed by atoms with Gasteiger partial charge in [-0.05, 0) is 52.9 Å². The van der Waals surface area contributed by atoms with Crippen LogP contribution in [0.25, 0.3) is 11.0 Å². The Labute approximate surface area is 131 Å². The van der Waals surface area contributed by atoms with Gasteiger partial charge in [0.1, 0.15) is 11.5 Å². The van der Waals surface area contributed by atoms with Crippen LogP contribution in [0.4, 0.5) is 11.8 Å². The Bertz CT molecular complexity index is 627. The summed E-state index contributed by atoms with van der Waals surface area (Å²) in [5.74, 6) is 1.80. The number of H-pyrrole nitrogens is 1. The standard InChI is InChI=1S/C16H26N6/c1-12-11-13-14(17-7-6-8-21(2)3)19-16(20-15(13)18-12)22-9-4-5-10-22/h11H,4-10H2,1-3H3,(H2,17,18,19,20). The number of aromatic nitrogens is 3. The molecule has 0 radical (unpaired) electrons. The summed E-state index contributed by atoms with van der Waals surface area (Å²) < 4.78 is 0. The van der Waals surface area contributed by atoms with Crippen molar-refractivity contribution in [2.45, 2.75) is 26.2 Å². The van der Waals surface area contributed by atoms with Crippen LogP contribution < -0.4 is 10.2 Å². The van der Waals surface area contributed by atoms with E-state index in [1.165, 1.54) is 12.8 Å². The number of rotatable bonds is 6. The lowest BCUT2D eigenvalue weighted by molar-refractivity contribution is 0.405. The summed E-state index contributed by atoms with van der Waals surface area (Å²) in [7, 11) is 4.20. The number of nitrogens with zero attached hydrogens (tertiary/aromatic N) is 4. The minimum Gasteiger partial charge on any atom is -0.369 e. The molecular formula is C16H26N6. The molecule has 2 aromatic rings. The summed E-state index contributed by atoms with van der Waals surface area (Å²) >= 11 is 0. The first kappa shape index (κ1) is 15.1. The first-order valence-electron chi connectivity index (χ1n) is 8.14. The van der Waals surface area contributed by atoms with E-state index < -0.39 is 0 Å². The van der Waals surface area contributed by atoms with E-state index in [0.717, 1.165) is 61.1 Å². The minimum atomic E-state index is 0.849. The Morgan fingerprint density at radius 3 is 2.77 bits per heavy atom. The van der Waals surface area contributed by atoms with Crippen molar-refractivity contribution < 1.29 is 0 Å². The third-order valence-corrected chi connectivity index (χ3v) is 4.07. The lowest BCUT2D eigenvalue weighted by atomic mass is 10.3. The van der Waals surface area contributed by atoms with Crippen LogP contribution in [-0.2, 0) is 0 Å². The summed E-state index contributed by atoms with van der Waals surface area (Å²) in [6, 6.07) is 2.12. The van der Waals surface area contributed by atoms with Gasteiger partial charge in [0, 0.05) is 25.3 Å². The molecule has 0 atom stereocenters. The molecule has 0 aliphatic carbocycles. The summed E-state index contributed by atoms with van der Waals surface area (Å²) in [5.41, 5.74) is 2.06. The fourth-order valence-corrected chi connectivity index (χ4v) is 2.92. The SMILES string of the molecule is Cc1cc2c(NCCCN(C)C)nc(N3CCCC3)nc2[nH]1. The van der Waals surface area contributed by atoms with Crippen molar-refractivity contribution in [1.82, 2.24) is 19.9 Å². The van der Waals surface area contributed by atoms with Crippen molar-refractivity contribution >= 4 is 22.8 Å². The predicted octanol–water partition coefficient (Wildman–Crippen LogP) is 2.23. The van der Waals surface area contributed by atoms with Gasteiger partial charge in [0.2, 0.25) is 5.95 Å². The van der Waals surface area contributed by atoms with Gasteiger partial charge in [-0.2, -0.15) is 9.97 Å². The molecule has 6 heteroatoms. The molecule has 0 spiro atoms. The van der Waals surface area contributed by atoms with Gasteiger partial charge in [0.25, 0.3) is 0 Å². The molecule has 2 aromatic heterocycles. The second kappa shape index (κ2) is 6.52. The normalized spacial score (nSPS) is 15.2. The lowest BCUT2D eigenvalue weighted by Gasteiger charge is -2.17. The summed E-state index contributed by atoms with van der Waals surface area (Å²) in [6.45, 7) is 6.18. The highest BCUT2D eigenvalue weighted by atomic mass is 15.3. The van der Waals surface area contributed by atoms with E-state index in [1.807, 2.05) is 0 Å². The van der Waals surface area contributed by atoms with E-state index in [0.29, 0.717) is 0 Å². The van der Waals surface area contributed by atoms with Crippen molar-refractivity contribution in [3.63, 3.8) is 0 Å². The largest absolute Gasteiger partial charge is 0.369 e. The molecule has 1 aliphatic heterocycles. The molecule has 0 unspecified atom stereocenters. The smallest absolute Gasteiger partial charge is 0.229 e. The molecule has 2 N–H and O–H groups in total. The van der Waals surface area contributed by atoms with Crippen LogP contribution >= 0.6 is 0 Å². The van der Waals surface area contributed by atoms with E-state index >= 15 is 0 Å². The lowest BCUT2D eigenvalue weighted by Crippen LogP contribution is -2.21. The highest BCUT2D eigenvalue weighted by Crippen LogP contribution is 2.25. The van der Waals surface area contributed by atoms with Gasteiger partial charge in [-0.15, -0.1) is 0 Å². The van der Waals surface area contributed by atoms with Crippen molar-refractivity contribution in [3.8, 4) is 0 Å². The van der Waals surface area contributed by atoms with E-state index in [9.17, 15) is 0 Å². The van der Waals surface area contributed by atoms with E-state index in [4.69, 9.17) is 9.97 Å². The van der Waals surface area contributed by atoms with Gasteiger partial charge in [-0.3, -0.25) is 0 Å². The van der Waals surface area contributed by atoms with Crippen molar-refractivity contribution in [2.24, 2.45) is 0 Å². The van der Waals surface area contributed by atoms with Gasteiger partial charge in [0.15, 0.2) is 0 Å². The van der Waals surface area contributed by atoms with E-state index in [-0.39, 0.29) is 0 Å².